The highest BCUT2D eigenvalue weighted by Crippen LogP contribution is 2.12. The van der Waals surface area contributed by atoms with Crippen LogP contribution in [0.25, 0.3) is 0 Å². The number of nitrogens with one attached hydrogen (secondary N) is 1. The standard InChI is InChI=1S/C11H14N2.BrH/c1-9-4-6-10(7-5-9)13-11-3-2-8-12-11;/h4-7H,2-3,8H2,1H3,(H,12,13);1H. The molecule has 1 aliphatic rings. The van der Waals surface area contributed by atoms with Crippen molar-refractivity contribution in [2.75, 3.05) is 11.9 Å². The molecular formula is C11H15BrN2. The lowest BCUT2D eigenvalue weighted by molar-refractivity contribution is 0.951. The fourth-order valence-electron chi connectivity index (χ4n) is 1.45. The van der Waals surface area contributed by atoms with Crippen molar-refractivity contribution in [2.45, 2.75) is 19.8 Å². The molecule has 0 amide bonds. The van der Waals surface area contributed by atoms with Gasteiger partial charge in [0.2, 0.25) is 0 Å². The molecule has 2 nitrogen and oxygen atoms in total. The van der Waals surface area contributed by atoms with Crippen LogP contribution in [-0.2, 0) is 0 Å². The van der Waals surface area contributed by atoms with Crippen LogP contribution in [0, 0.1) is 6.92 Å². The third-order valence-corrected chi connectivity index (χ3v) is 2.21. The van der Waals surface area contributed by atoms with Crippen LogP contribution in [0.1, 0.15) is 18.4 Å². The van der Waals surface area contributed by atoms with Gasteiger partial charge in [-0.3, -0.25) is 4.99 Å². The molecule has 0 bridgehead atoms. The molecule has 1 heterocycles. The van der Waals surface area contributed by atoms with E-state index in [0.717, 1.165) is 24.5 Å². The summed E-state index contributed by atoms with van der Waals surface area (Å²) in [7, 11) is 0. The monoisotopic (exact) mass is 254 g/mol. The maximum absolute atomic E-state index is 4.36. The van der Waals surface area contributed by atoms with Crippen molar-refractivity contribution < 1.29 is 0 Å². The molecule has 0 radical (unpaired) electrons. The van der Waals surface area contributed by atoms with Gasteiger partial charge in [-0.2, -0.15) is 0 Å². The number of aryl methyl sites for hydroxylation is 1. The van der Waals surface area contributed by atoms with Gasteiger partial charge in [-0.1, -0.05) is 17.7 Å². The highest BCUT2D eigenvalue weighted by molar-refractivity contribution is 8.93. The van der Waals surface area contributed by atoms with Gasteiger partial charge in [-0.15, -0.1) is 17.0 Å². The predicted octanol–water partition coefficient (Wildman–Crippen LogP) is 3.18. The molecule has 0 saturated carbocycles. The minimum absolute atomic E-state index is 0. The van der Waals surface area contributed by atoms with Gasteiger partial charge in [0, 0.05) is 18.7 Å². The number of amidine groups is 1. The summed E-state index contributed by atoms with van der Waals surface area (Å²) in [5.74, 6) is 1.13. The van der Waals surface area contributed by atoms with E-state index < -0.39 is 0 Å². The van der Waals surface area contributed by atoms with Crippen molar-refractivity contribution in [1.82, 2.24) is 0 Å². The number of halogens is 1. The summed E-state index contributed by atoms with van der Waals surface area (Å²) in [6, 6.07) is 8.40. The highest BCUT2D eigenvalue weighted by atomic mass is 79.9. The van der Waals surface area contributed by atoms with Gasteiger partial charge in [0.1, 0.15) is 5.84 Å². The number of nitrogens with zero attached hydrogens (tertiary/aromatic N) is 1. The van der Waals surface area contributed by atoms with Crippen LogP contribution >= 0.6 is 17.0 Å². The second-order valence-corrected chi connectivity index (χ2v) is 3.42. The van der Waals surface area contributed by atoms with E-state index in [1.807, 2.05) is 0 Å². The van der Waals surface area contributed by atoms with Crippen LogP contribution in [-0.4, -0.2) is 12.4 Å². The van der Waals surface area contributed by atoms with Crippen LogP contribution in [0.15, 0.2) is 29.3 Å². The fourth-order valence-corrected chi connectivity index (χ4v) is 1.45. The smallest absolute Gasteiger partial charge is 0.101 e. The van der Waals surface area contributed by atoms with Crippen molar-refractivity contribution in [2.24, 2.45) is 4.99 Å². The number of anilines is 1. The molecule has 0 unspecified atom stereocenters. The highest BCUT2D eigenvalue weighted by Gasteiger charge is 2.05. The lowest BCUT2D eigenvalue weighted by atomic mass is 10.2. The Morgan fingerprint density at radius 3 is 2.50 bits per heavy atom. The average Bonchev–Trinajstić information content (AvgIpc) is 2.62. The Morgan fingerprint density at radius 1 is 1.21 bits per heavy atom. The predicted molar refractivity (Wildman–Crippen MR) is 66.7 cm³/mol. The van der Waals surface area contributed by atoms with E-state index in [1.54, 1.807) is 0 Å². The number of benzene rings is 1. The third kappa shape index (κ3) is 2.84. The molecule has 14 heavy (non-hydrogen) atoms. The first-order chi connectivity index (χ1) is 6.34. The van der Waals surface area contributed by atoms with Gasteiger partial charge in [0.25, 0.3) is 0 Å². The van der Waals surface area contributed by atoms with E-state index in [1.165, 1.54) is 12.0 Å². The zero-order chi connectivity index (χ0) is 9.10. The molecule has 0 aliphatic carbocycles. The summed E-state index contributed by atoms with van der Waals surface area (Å²) in [6.45, 7) is 3.07. The van der Waals surface area contributed by atoms with E-state index in [4.69, 9.17) is 0 Å². The molecule has 1 N–H and O–H groups in total. The normalized spacial score (nSPS) is 14.5. The zero-order valence-electron chi connectivity index (χ0n) is 8.29. The second kappa shape index (κ2) is 5.15. The van der Waals surface area contributed by atoms with Crippen molar-refractivity contribution in [3.8, 4) is 0 Å². The summed E-state index contributed by atoms with van der Waals surface area (Å²) < 4.78 is 0. The van der Waals surface area contributed by atoms with E-state index >= 15 is 0 Å². The van der Waals surface area contributed by atoms with Gasteiger partial charge in [-0.05, 0) is 25.5 Å². The molecule has 0 saturated heterocycles. The Morgan fingerprint density at radius 2 is 1.93 bits per heavy atom. The molecule has 0 spiro atoms. The molecule has 1 aliphatic heterocycles. The third-order valence-electron chi connectivity index (χ3n) is 2.21. The molecule has 1 aromatic carbocycles. The lowest BCUT2D eigenvalue weighted by Crippen LogP contribution is -2.07. The minimum atomic E-state index is 0. The topological polar surface area (TPSA) is 24.4 Å². The largest absolute Gasteiger partial charge is 0.344 e. The SMILES string of the molecule is Br.Cc1ccc(NC2=NCCC2)cc1. The number of hydrogen-bond acceptors (Lipinski definition) is 2. The van der Waals surface area contributed by atoms with Crippen molar-refractivity contribution in [1.29, 1.82) is 0 Å². The number of rotatable bonds is 1. The quantitative estimate of drug-likeness (QED) is 0.818. The maximum atomic E-state index is 4.36. The van der Waals surface area contributed by atoms with Crippen molar-refractivity contribution in [3.05, 3.63) is 29.8 Å². The van der Waals surface area contributed by atoms with Gasteiger partial charge in [0.15, 0.2) is 0 Å². The molecule has 2 rings (SSSR count). The first-order valence-corrected chi connectivity index (χ1v) is 4.71. The first-order valence-electron chi connectivity index (χ1n) is 4.71. The van der Waals surface area contributed by atoms with Crippen LogP contribution in [0.5, 0.6) is 0 Å². The molecule has 0 fully saturated rings. The van der Waals surface area contributed by atoms with Crippen molar-refractivity contribution >= 4 is 28.5 Å². The van der Waals surface area contributed by atoms with Gasteiger partial charge >= 0.3 is 0 Å². The second-order valence-electron chi connectivity index (χ2n) is 3.42. The van der Waals surface area contributed by atoms with Crippen LogP contribution in [0.4, 0.5) is 5.69 Å². The molecule has 1 aromatic rings. The molecule has 76 valence electrons. The maximum Gasteiger partial charge on any atom is 0.101 e. The van der Waals surface area contributed by atoms with E-state index in [0.29, 0.717) is 0 Å². The van der Waals surface area contributed by atoms with Gasteiger partial charge < -0.3 is 5.32 Å². The minimum Gasteiger partial charge on any atom is -0.344 e. The summed E-state index contributed by atoms with van der Waals surface area (Å²) in [5.41, 5.74) is 2.44. The van der Waals surface area contributed by atoms with Gasteiger partial charge in [-0.25, -0.2) is 0 Å². The Labute approximate surface area is 95.2 Å². The summed E-state index contributed by atoms with van der Waals surface area (Å²) in [5, 5.41) is 3.32. The molecule has 3 heteroatoms. The molecular weight excluding hydrogens is 240 g/mol. The van der Waals surface area contributed by atoms with Crippen LogP contribution in [0.2, 0.25) is 0 Å². The van der Waals surface area contributed by atoms with E-state index in [9.17, 15) is 0 Å². The van der Waals surface area contributed by atoms with Crippen molar-refractivity contribution in [3.63, 3.8) is 0 Å². The number of hydrogen-bond donors (Lipinski definition) is 1. The zero-order valence-corrected chi connectivity index (χ0v) is 10.00. The Bertz CT molecular complexity index is 317. The Balaban J connectivity index is 0.000000980. The summed E-state index contributed by atoms with van der Waals surface area (Å²) in [4.78, 5) is 4.36. The number of aliphatic imine (C=N–C) groups is 1. The lowest BCUT2D eigenvalue weighted by Gasteiger charge is -2.05. The average molecular weight is 255 g/mol. The first kappa shape index (κ1) is 11.2. The summed E-state index contributed by atoms with van der Waals surface area (Å²) >= 11 is 0. The Kier molecular flexibility index (Phi) is 4.14. The molecule has 0 aromatic heterocycles. The summed E-state index contributed by atoms with van der Waals surface area (Å²) in [6.07, 6.45) is 2.28. The van der Waals surface area contributed by atoms with Crippen LogP contribution in [0.3, 0.4) is 0 Å². The van der Waals surface area contributed by atoms with Gasteiger partial charge in [0.05, 0.1) is 0 Å². The van der Waals surface area contributed by atoms with E-state index in [-0.39, 0.29) is 17.0 Å². The Hall–Kier alpha value is -0.830. The van der Waals surface area contributed by atoms with E-state index in [2.05, 4.69) is 41.5 Å². The van der Waals surface area contributed by atoms with Crippen LogP contribution < -0.4 is 5.32 Å². The fraction of sp³-hybridized carbons (Fsp3) is 0.364. The molecule has 0 atom stereocenters.